The maximum absolute atomic E-state index is 2.35. The molecule has 0 N–H and O–H groups in total. The van der Waals surface area contributed by atoms with E-state index in [-0.39, 0.29) is 4.70 Å². The summed E-state index contributed by atoms with van der Waals surface area (Å²) in [4.78, 5) is 0. The third-order valence-corrected chi connectivity index (χ3v) is 4.97. The molecule has 1 aliphatic carbocycles. The summed E-state index contributed by atoms with van der Waals surface area (Å²) in [5, 5.41) is 0. The lowest BCUT2D eigenvalue weighted by atomic mass is 10.1. The van der Waals surface area contributed by atoms with Crippen LogP contribution in [0.5, 0.6) is 0 Å². The van der Waals surface area contributed by atoms with Crippen molar-refractivity contribution in [2.24, 2.45) is 0 Å². The fourth-order valence-electron chi connectivity index (χ4n) is 3.75. The third-order valence-electron chi connectivity index (χ3n) is 4.97. The van der Waals surface area contributed by atoms with Crippen LogP contribution in [0.25, 0.3) is 0 Å². The van der Waals surface area contributed by atoms with E-state index in [9.17, 15) is 0 Å². The molecule has 0 aromatic rings. The molecule has 0 aliphatic heterocycles. The van der Waals surface area contributed by atoms with Gasteiger partial charge >= 0.3 is 0 Å². The van der Waals surface area contributed by atoms with E-state index in [0.29, 0.717) is 0 Å². The first-order valence-electron chi connectivity index (χ1n) is 8.64. The monoisotopic (exact) mass is 273 g/mol. The number of quaternary nitrogens is 1. The van der Waals surface area contributed by atoms with Crippen molar-refractivity contribution in [1.82, 2.24) is 0 Å². The summed E-state index contributed by atoms with van der Waals surface area (Å²) < 4.78 is 1.48. The Morgan fingerprint density at radius 3 is 1.42 bits per heavy atom. The van der Waals surface area contributed by atoms with E-state index < -0.39 is 0 Å². The summed E-state index contributed by atoms with van der Waals surface area (Å²) in [6, 6.07) is 1.01. The quantitative estimate of drug-likeness (QED) is 0.535. The number of rotatable bonds is 10. The number of hydrogen-bond donors (Lipinski definition) is 0. The maximum Gasteiger partial charge on any atom is 0.0890 e. The largest absolute Gasteiger partial charge is 1.00 e. The Labute approximate surface area is 120 Å². The fourth-order valence-corrected chi connectivity index (χ4v) is 3.75. The van der Waals surface area contributed by atoms with Gasteiger partial charge in [-0.1, -0.05) is 40.0 Å². The van der Waals surface area contributed by atoms with E-state index in [0.717, 1.165) is 6.04 Å². The summed E-state index contributed by atoms with van der Waals surface area (Å²) in [6.07, 6.45) is 14.4. The Kier molecular flexibility index (Phi) is 10.6. The average molecular weight is 273 g/mol. The predicted molar refractivity (Wildman–Crippen MR) is 81.8 cm³/mol. The summed E-state index contributed by atoms with van der Waals surface area (Å²) in [7, 11) is 0. The molecular weight excluding hydrogens is 237 g/mol. The Hall–Kier alpha value is -0.110. The fraction of sp³-hybridized carbons (Fsp3) is 1.00. The van der Waals surface area contributed by atoms with E-state index in [1.807, 2.05) is 0 Å². The summed E-state index contributed by atoms with van der Waals surface area (Å²) in [5.74, 6) is 0. The third kappa shape index (κ3) is 5.81. The Morgan fingerprint density at radius 2 is 1.11 bits per heavy atom. The molecule has 1 rings (SSSR count). The van der Waals surface area contributed by atoms with Crippen LogP contribution in [0.4, 0.5) is 0 Å². The molecule has 2 heteroatoms. The first kappa shape index (κ1) is 18.9. The highest BCUT2D eigenvalue weighted by molar-refractivity contribution is 4.70. The van der Waals surface area contributed by atoms with Crippen LogP contribution in [0.1, 0.15) is 85.0 Å². The minimum atomic E-state index is 0. The van der Waals surface area contributed by atoms with Crippen LogP contribution in [0, 0.1) is 0 Å². The lowest BCUT2D eigenvalue weighted by molar-refractivity contribution is -0.951. The van der Waals surface area contributed by atoms with Crippen molar-refractivity contribution < 1.29 is 9.19 Å². The average Bonchev–Trinajstić information content (AvgIpc) is 2.93. The van der Waals surface area contributed by atoms with Gasteiger partial charge in [-0.2, -0.15) is 0 Å². The van der Waals surface area contributed by atoms with Crippen LogP contribution in [0.15, 0.2) is 0 Å². The van der Waals surface area contributed by atoms with Crippen molar-refractivity contribution >= 4 is 0 Å². The molecule has 116 valence electrons. The number of nitrogens with zero attached hydrogens (tertiary/aromatic N) is 1. The zero-order chi connectivity index (χ0) is 13.3. The van der Waals surface area contributed by atoms with Gasteiger partial charge in [0.2, 0.25) is 0 Å². The molecule has 0 unspecified atom stereocenters. The molecule has 1 nitrogen and oxygen atoms in total. The van der Waals surface area contributed by atoms with E-state index in [2.05, 4.69) is 20.8 Å². The number of hydrogen-bond acceptors (Lipinski definition) is 0. The second-order valence-corrected chi connectivity index (χ2v) is 6.39. The summed E-state index contributed by atoms with van der Waals surface area (Å²) in [6.45, 7) is 11.4. The van der Waals surface area contributed by atoms with Crippen LogP contribution < -0.4 is 4.70 Å². The molecule has 1 aliphatic rings. The van der Waals surface area contributed by atoms with Crippen LogP contribution in [-0.2, 0) is 0 Å². The van der Waals surface area contributed by atoms with Gasteiger partial charge in [-0.15, -0.1) is 0 Å². The minimum Gasteiger partial charge on any atom is -1.00 e. The molecule has 0 heterocycles. The van der Waals surface area contributed by atoms with Crippen LogP contribution in [-0.4, -0.2) is 30.2 Å². The normalized spacial score (nSPS) is 16.6. The first-order valence-corrected chi connectivity index (χ1v) is 8.64. The molecule has 0 saturated heterocycles. The van der Waals surface area contributed by atoms with E-state index in [1.165, 1.54) is 88.3 Å². The highest BCUT2D eigenvalue weighted by Crippen LogP contribution is 2.31. The van der Waals surface area contributed by atoms with Gasteiger partial charge in [-0.05, 0) is 44.9 Å². The van der Waals surface area contributed by atoms with Crippen molar-refractivity contribution in [3.05, 3.63) is 0 Å². The zero-order valence-corrected chi connectivity index (χ0v) is 13.6. The zero-order valence-electron chi connectivity index (χ0n) is 13.6. The molecule has 0 bridgehead atoms. The van der Waals surface area contributed by atoms with Gasteiger partial charge < -0.3 is 9.19 Å². The first-order chi connectivity index (χ1) is 8.79. The van der Waals surface area contributed by atoms with Gasteiger partial charge in [-0.3, -0.25) is 0 Å². The van der Waals surface area contributed by atoms with Crippen LogP contribution in [0.3, 0.4) is 0 Å². The Morgan fingerprint density at radius 1 is 0.737 bits per heavy atom. The topological polar surface area (TPSA) is 0 Å². The Balaban J connectivity index is 0.00000324. The van der Waals surface area contributed by atoms with Gasteiger partial charge in [0.05, 0.1) is 25.7 Å². The summed E-state index contributed by atoms with van der Waals surface area (Å²) in [5.41, 5.74) is 0. The van der Waals surface area contributed by atoms with Gasteiger partial charge in [0.25, 0.3) is 0 Å². The Bertz CT molecular complexity index is 178. The van der Waals surface area contributed by atoms with Crippen molar-refractivity contribution in [2.75, 3.05) is 19.6 Å². The van der Waals surface area contributed by atoms with E-state index in [1.54, 1.807) is 0 Å². The molecule has 1 saturated carbocycles. The van der Waals surface area contributed by atoms with Gasteiger partial charge in [0.1, 0.15) is 0 Å². The minimum absolute atomic E-state index is 0. The maximum atomic E-state index is 2.35. The van der Waals surface area contributed by atoms with Crippen molar-refractivity contribution in [1.29, 1.82) is 0 Å². The lowest BCUT2D eigenvalue weighted by Gasteiger charge is -2.44. The highest BCUT2D eigenvalue weighted by Gasteiger charge is 2.36. The summed E-state index contributed by atoms with van der Waals surface area (Å²) >= 11 is 0. The molecule has 0 atom stereocenters. The van der Waals surface area contributed by atoms with Crippen LogP contribution in [0.2, 0.25) is 0 Å². The molecular formula is C17H36FN. The standard InChI is InChI=1S/C17H36N.FH/c1-4-7-14-18(15-8-5-2,16-9-6-3)17-12-10-11-13-17;/h17H,4-16H2,1-3H3;1H/q+1;/p-1. The second-order valence-electron chi connectivity index (χ2n) is 6.39. The molecule has 0 spiro atoms. The highest BCUT2D eigenvalue weighted by atomic mass is 19.0. The molecule has 0 aromatic carbocycles. The van der Waals surface area contributed by atoms with E-state index in [4.69, 9.17) is 0 Å². The van der Waals surface area contributed by atoms with Gasteiger partial charge in [0.15, 0.2) is 0 Å². The molecule has 0 aromatic heterocycles. The van der Waals surface area contributed by atoms with Crippen molar-refractivity contribution in [3.8, 4) is 0 Å². The van der Waals surface area contributed by atoms with Gasteiger partial charge in [0, 0.05) is 0 Å². The van der Waals surface area contributed by atoms with Gasteiger partial charge in [-0.25, -0.2) is 0 Å². The lowest BCUT2D eigenvalue weighted by Crippen LogP contribution is -3.00. The molecule has 0 amide bonds. The second kappa shape index (κ2) is 10.7. The number of halogens is 1. The van der Waals surface area contributed by atoms with E-state index >= 15 is 0 Å². The molecule has 0 radical (unpaired) electrons. The van der Waals surface area contributed by atoms with Crippen molar-refractivity contribution in [3.63, 3.8) is 0 Å². The molecule has 1 fully saturated rings. The predicted octanol–water partition coefficient (Wildman–Crippen LogP) is 2.15. The number of unbranched alkanes of at least 4 members (excludes halogenated alkanes) is 3. The van der Waals surface area contributed by atoms with Crippen LogP contribution >= 0.6 is 0 Å². The SMILES string of the molecule is CCCC[N+](CCCC)(CCCC)C1CCCC1.[F-]. The molecule has 19 heavy (non-hydrogen) atoms. The smallest absolute Gasteiger partial charge is 0.0890 e. The van der Waals surface area contributed by atoms with Crippen molar-refractivity contribution in [2.45, 2.75) is 91.0 Å².